The molecule has 10 heteroatoms. The van der Waals surface area contributed by atoms with Gasteiger partial charge in [0, 0.05) is 31.2 Å². The summed E-state index contributed by atoms with van der Waals surface area (Å²) in [6.07, 6.45) is 13.4. The third-order valence-corrected chi connectivity index (χ3v) is 7.15. The molecule has 0 bridgehead atoms. The summed E-state index contributed by atoms with van der Waals surface area (Å²) in [4.78, 5) is 41.6. The molecule has 1 saturated heterocycles. The Bertz CT molecular complexity index is 1600. The van der Waals surface area contributed by atoms with Crippen molar-refractivity contribution in [3.8, 4) is 5.69 Å². The van der Waals surface area contributed by atoms with E-state index in [1.54, 1.807) is 47.9 Å². The predicted molar refractivity (Wildman–Crippen MR) is 149 cm³/mol. The van der Waals surface area contributed by atoms with Gasteiger partial charge in [-0.05, 0) is 49.2 Å². The maximum absolute atomic E-state index is 13.6. The summed E-state index contributed by atoms with van der Waals surface area (Å²) in [6.45, 7) is 4.26. The number of nitrogens with two attached hydrogens (primary N) is 1. The lowest BCUT2D eigenvalue weighted by molar-refractivity contribution is -0.750. The summed E-state index contributed by atoms with van der Waals surface area (Å²) in [6, 6.07) is 14.5. The van der Waals surface area contributed by atoms with Crippen molar-refractivity contribution in [3.05, 3.63) is 115 Å². The first-order chi connectivity index (χ1) is 19.0. The number of likely N-dealkylation sites (tertiary alicyclic amines) is 1. The Morgan fingerprint density at radius 3 is 2.79 bits per heavy atom. The standard InChI is InChI=1S/C29H26N8O2/c1-2-26(38)36-16-7-10-23(36)27-24-19-31-13-17-37(24,30)28(34-27)21-8-3-4-9-22(21)29(39)33-25-18-20(11-12-32-25)35-14-5-6-15-35/h2-6,8-9,11-15,17-19,23H,1,7,10,16,30H2/p+1. The van der Waals surface area contributed by atoms with Gasteiger partial charge in [0.1, 0.15) is 17.7 Å². The number of allylic oxidation sites excluding steroid dienone is 1. The molecule has 39 heavy (non-hydrogen) atoms. The first-order valence-corrected chi connectivity index (χ1v) is 12.6. The number of hydrogen-bond donors (Lipinski definition) is 2. The van der Waals surface area contributed by atoms with E-state index in [4.69, 9.17) is 10.8 Å². The number of nitrogens with one attached hydrogen (secondary N) is 1. The molecule has 0 aliphatic carbocycles. The van der Waals surface area contributed by atoms with Crippen LogP contribution in [0.25, 0.3) is 5.69 Å². The maximum Gasteiger partial charge on any atom is 0.265 e. The van der Waals surface area contributed by atoms with Crippen LogP contribution in [-0.4, -0.2) is 55.5 Å². The number of quaternary nitrogens is 1. The number of hydrogen-bond acceptors (Lipinski definition) is 6. The zero-order valence-corrected chi connectivity index (χ0v) is 21.1. The van der Waals surface area contributed by atoms with Crippen molar-refractivity contribution < 1.29 is 14.2 Å². The van der Waals surface area contributed by atoms with Crippen LogP contribution in [0.5, 0.6) is 0 Å². The second kappa shape index (κ2) is 9.75. The van der Waals surface area contributed by atoms with E-state index in [-0.39, 0.29) is 22.4 Å². The second-order valence-corrected chi connectivity index (χ2v) is 9.44. The zero-order chi connectivity index (χ0) is 27.0. The van der Waals surface area contributed by atoms with Crippen LogP contribution in [0.1, 0.15) is 28.8 Å². The van der Waals surface area contributed by atoms with Crippen molar-refractivity contribution in [2.24, 2.45) is 15.8 Å². The Labute approximate surface area is 225 Å². The van der Waals surface area contributed by atoms with Gasteiger partial charge < -0.3 is 14.8 Å². The minimum atomic E-state index is -0.342. The molecule has 0 spiro atoms. The van der Waals surface area contributed by atoms with E-state index in [0.29, 0.717) is 40.7 Å². The highest BCUT2D eigenvalue weighted by Crippen LogP contribution is 2.37. The number of amides is 2. The van der Waals surface area contributed by atoms with Crippen molar-refractivity contribution in [3.63, 3.8) is 0 Å². The highest BCUT2D eigenvalue weighted by atomic mass is 16.2. The Hall–Kier alpha value is -4.93. The molecule has 1 fully saturated rings. The van der Waals surface area contributed by atoms with Crippen molar-refractivity contribution in [1.82, 2.24) is 14.5 Å². The van der Waals surface area contributed by atoms with Gasteiger partial charge in [-0.3, -0.25) is 14.6 Å². The third-order valence-electron chi connectivity index (χ3n) is 7.15. The van der Waals surface area contributed by atoms with Crippen LogP contribution in [0.2, 0.25) is 0 Å². The Balaban J connectivity index is 1.37. The molecule has 0 radical (unpaired) electrons. The van der Waals surface area contributed by atoms with Crippen molar-refractivity contribution in [2.75, 3.05) is 11.9 Å². The quantitative estimate of drug-likeness (QED) is 0.294. The molecule has 2 amide bonds. The lowest BCUT2D eigenvalue weighted by Gasteiger charge is -2.28. The smallest absolute Gasteiger partial charge is 0.265 e. The second-order valence-electron chi connectivity index (χ2n) is 9.44. The third kappa shape index (κ3) is 4.21. The van der Waals surface area contributed by atoms with Crippen LogP contribution in [0, 0.1) is 0 Å². The summed E-state index contributed by atoms with van der Waals surface area (Å²) in [5.41, 5.74) is 3.18. The van der Waals surface area contributed by atoms with Gasteiger partial charge in [0.05, 0.1) is 35.3 Å². The van der Waals surface area contributed by atoms with Crippen molar-refractivity contribution in [2.45, 2.75) is 18.9 Å². The normalized spacial score (nSPS) is 21.6. The van der Waals surface area contributed by atoms with Gasteiger partial charge in [-0.15, -0.1) is 4.59 Å². The molecule has 3 N–H and O–H groups in total. The van der Waals surface area contributed by atoms with Crippen LogP contribution >= 0.6 is 0 Å². The summed E-state index contributed by atoms with van der Waals surface area (Å²) in [7, 11) is 0. The highest BCUT2D eigenvalue weighted by Gasteiger charge is 2.48. The van der Waals surface area contributed by atoms with Gasteiger partial charge in [0.25, 0.3) is 11.7 Å². The number of rotatable bonds is 6. The Morgan fingerprint density at radius 1 is 1.15 bits per heavy atom. The lowest BCUT2D eigenvalue weighted by Crippen LogP contribution is -2.53. The molecule has 3 aliphatic rings. The number of aromatic nitrogens is 2. The summed E-state index contributed by atoms with van der Waals surface area (Å²) >= 11 is 0. The maximum atomic E-state index is 13.6. The number of nitrogens with zero attached hydrogens (tertiary/aromatic N) is 6. The van der Waals surface area contributed by atoms with Crippen LogP contribution in [0.15, 0.2) is 114 Å². The van der Waals surface area contributed by atoms with Gasteiger partial charge in [0.2, 0.25) is 11.6 Å². The van der Waals surface area contributed by atoms with Crippen LogP contribution in [0.4, 0.5) is 5.82 Å². The molecule has 2 aromatic heterocycles. The topological polar surface area (TPSA) is 118 Å². The van der Waals surface area contributed by atoms with E-state index in [9.17, 15) is 9.59 Å². The number of pyridine rings is 1. The van der Waals surface area contributed by atoms with E-state index >= 15 is 0 Å². The molecule has 1 aromatic carbocycles. The Morgan fingerprint density at radius 2 is 1.97 bits per heavy atom. The summed E-state index contributed by atoms with van der Waals surface area (Å²) < 4.78 is 1.68. The largest absolute Gasteiger partial charge is 0.330 e. The molecule has 2 unspecified atom stereocenters. The first-order valence-electron chi connectivity index (χ1n) is 12.6. The van der Waals surface area contributed by atoms with E-state index in [0.717, 1.165) is 18.5 Å². The van der Waals surface area contributed by atoms with E-state index in [1.807, 2.05) is 47.3 Å². The monoisotopic (exact) mass is 519 g/mol. The van der Waals surface area contributed by atoms with E-state index < -0.39 is 0 Å². The molecule has 3 aliphatic heterocycles. The van der Waals surface area contributed by atoms with E-state index in [1.165, 1.54) is 6.08 Å². The molecule has 0 saturated carbocycles. The summed E-state index contributed by atoms with van der Waals surface area (Å²) in [5, 5.41) is 2.92. The predicted octanol–water partition coefficient (Wildman–Crippen LogP) is 3.52. The fraction of sp³-hybridized carbons (Fsp3) is 0.138. The minimum absolute atomic E-state index is 0.151. The average molecular weight is 520 g/mol. The SMILES string of the molecule is C=CC(=O)N1CCCC1C1=C2C=NC=C[N+]2(N)C(c2ccccc2C(=O)Nc2cc(-n3cccc3)ccn2)=N1. The molecule has 2 atom stereocenters. The molecular formula is C29H27N8O2+. The minimum Gasteiger partial charge on any atom is -0.330 e. The van der Waals surface area contributed by atoms with Crippen LogP contribution in [-0.2, 0) is 4.79 Å². The number of carbonyl (C=O) groups excluding carboxylic acids is 2. The van der Waals surface area contributed by atoms with Gasteiger partial charge in [-0.1, -0.05) is 18.7 Å². The number of amidine groups is 1. The number of fused-ring (bicyclic) bond motifs is 1. The molecular weight excluding hydrogens is 492 g/mol. The average Bonchev–Trinajstić information content (AvgIpc) is 3.72. The fourth-order valence-electron chi connectivity index (χ4n) is 5.28. The number of benzene rings is 1. The zero-order valence-electron chi connectivity index (χ0n) is 21.1. The van der Waals surface area contributed by atoms with Crippen molar-refractivity contribution in [1.29, 1.82) is 0 Å². The van der Waals surface area contributed by atoms with Crippen molar-refractivity contribution >= 4 is 29.7 Å². The van der Waals surface area contributed by atoms with Crippen LogP contribution < -0.4 is 11.2 Å². The summed E-state index contributed by atoms with van der Waals surface area (Å²) in [5.74, 6) is 7.35. The highest BCUT2D eigenvalue weighted by molar-refractivity contribution is 6.13. The number of carbonyl (C=O) groups is 2. The molecule has 5 heterocycles. The first kappa shape index (κ1) is 24.4. The number of aliphatic imine (C=N–C) groups is 2. The van der Waals surface area contributed by atoms with Gasteiger partial charge in [-0.25, -0.2) is 4.98 Å². The number of anilines is 1. The molecule has 10 nitrogen and oxygen atoms in total. The molecule has 3 aromatic rings. The fourth-order valence-corrected chi connectivity index (χ4v) is 5.28. The van der Waals surface area contributed by atoms with Gasteiger partial charge in [-0.2, -0.15) is 10.8 Å². The van der Waals surface area contributed by atoms with Crippen LogP contribution in [0.3, 0.4) is 0 Å². The molecule has 6 rings (SSSR count). The van der Waals surface area contributed by atoms with Gasteiger partial charge in [0.15, 0.2) is 0 Å². The Kier molecular flexibility index (Phi) is 6.10. The lowest BCUT2D eigenvalue weighted by atomic mass is 10.0. The van der Waals surface area contributed by atoms with Gasteiger partial charge >= 0.3 is 0 Å². The molecule has 194 valence electrons. The van der Waals surface area contributed by atoms with E-state index in [2.05, 4.69) is 21.9 Å².